The standard InChI is InChI=1S/C17H26N2OS/c1-13(2)18-10-15-9-16(20-12-15)11-19(4)14(3)8-17-6-5-7-21-17/h5-7,9,12-14,18H,8,10-11H2,1-4H3. The molecule has 0 spiro atoms. The first-order valence-electron chi connectivity index (χ1n) is 7.57. The maximum absolute atomic E-state index is 5.67. The largest absolute Gasteiger partial charge is 0.468 e. The molecule has 0 radical (unpaired) electrons. The fourth-order valence-electron chi connectivity index (χ4n) is 2.20. The Morgan fingerprint density at radius 2 is 2.14 bits per heavy atom. The highest BCUT2D eigenvalue weighted by Crippen LogP contribution is 2.16. The third-order valence-electron chi connectivity index (χ3n) is 3.66. The molecular weight excluding hydrogens is 280 g/mol. The van der Waals surface area contributed by atoms with Crippen LogP contribution in [0, 0.1) is 0 Å². The first kappa shape index (κ1) is 16.3. The van der Waals surface area contributed by atoms with E-state index in [1.54, 1.807) is 0 Å². The minimum atomic E-state index is 0.497. The molecule has 1 atom stereocenters. The Morgan fingerprint density at radius 1 is 1.33 bits per heavy atom. The van der Waals surface area contributed by atoms with Gasteiger partial charge >= 0.3 is 0 Å². The number of furan rings is 1. The molecule has 0 aliphatic heterocycles. The Morgan fingerprint density at radius 3 is 2.81 bits per heavy atom. The van der Waals surface area contributed by atoms with Gasteiger partial charge in [-0.15, -0.1) is 11.3 Å². The van der Waals surface area contributed by atoms with Crippen LogP contribution in [0.4, 0.5) is 0 Å². The monoisotopic (exact) mass is 306 g/mol. The third kappa shape index (κ3) is 5.30. The van der Waals surface area contributed by atoms with E-state index in [0.29, 0.717) is 12.1 Å². The summed E-state index contributed by atoms with van der Waals surface area (Å²) in [5.74, 6) is 1.04. The highest BCUT2D eigenvalue weighted by molar-refractivity contribution is 7.09. The fourth-order valence-corrected chi connectivity index (χ4v) is 3.03. The van der Waals surface area contributed by atoms with Gasteiger partial charge in [0.2, 0.25) is 0 Å². The van der Waals surface area contributed by atoms with Gasteiger partial charge in [-0.05, 0) is 37.9 Å². The summed E-state index contributed by atoms with van der Waals surface area (Å²) in [6.07, 6.45) is 2.96. The molecule has 116 valence electrons. The third-order valence-corrected chi connectivity index (χ3v) is 4.56. The molecule has 1 unspecified atom stereocenters. The van der Waals surface area contributed by atoms with Crippen molar-refractivity contribution in [3.05, 3.63) is 46.0 Å². The lowest BCUT2D eigenvalue weighted by molar-refractivity contribution is 0.229. The predicted molar refractivity (Wildman–Crippen MR) is 89.6 cm³/mol. The number of hydrogen-bond donors (Lipinski definition) is 1. The number of likely N-dealkylation sites (N-methyl/N-ethyl adjacent to an activating group) is 1. The van der Waals surface area contributed by atoms with Crippen molar-refractivity contribution in [3.63, 3.8) is 0 Å². The van der Waals surface area contributed by atoms with E-state index in [0.717, 1.165) is 25.3 Å². The SMILES string of the molecule is CC(C)NCc1coc(CN(C)C(C)Cc2cccs2)c1. The maximum Gasteiger partial charge on any atom is 0.118 e. The molecule has 0 aliphatic carbocycles. The van der Waals surface area contributed by atoms with Crippen molar-refractivity contribution in [2.24, 2.45) is 0 Å². The smallest absolute Gasteiger partial charge is 0.118 e. The van der Waals surface area contributed by atoms with Crippen molar-refractivity contribution in [1.82, 2.24) is 10.2 Å². The zero-order chi connectivity index (χ0) is 15.2. The van der Waals surface area contributed by atoms with E-state index < -0.39 is 0 Å². The zero-order valence-electron chi connectivity index (χ0n) is 13.4. The summed E-state index contributed by atoms with van der Waals surface area (Å²) in [4.78, 5) is 3.79. The topological polar surface area (TPSA) is 28.4 Å². The molecule has 2 aromatic rings. The van der Waals surface area contributed by atoms with Gasteiger partial charge in [0.15, 0.2) is 0 Å². The summed E-state index contributed by atoms with van der Waals surface area (Å²) in [6, 6.07) is 7.48. The van der Waals surface area contributed by atoms with E-state index in [-0.39, 0.29) is 0 Å². The Labute approximate surface area is 132 Å². The van der Waals surface area contributed by atoms with Gasteiger partial charge in [0.1, 0.15) is 5.76 Å². The van der Waals surface area contributed by atoms with E-state index in [2.05, 4.69) is 61.6 Å². The first-order valence-corrected chi connectivity index (χ1v) is 8.45. The van der Waals surface area contributed by atoms with Gasteiger partial charge in [-0.25, -0.2) is 0 Å². The summed E-state index contributed by atoms with van der Waals surface area (Å²) in [5.41, 5.74) is 1.22. The van der Waals surface area contributed by atoms with Crippen molar-refractivity contribution in [2.75, 3.05) is 7.05 Å². The van der Waals surface area contributed by atoms with Crippen LogP contribution in [0.2, 0.25) is 0 Å². The van der Waals surface area contributed by atoms with Gasteiger partial charge in [-0.3, -0.25) is 4.90 Å². The van der Waals surface area contributed by atoms with Gasteiger partial charge in [-0.2, -0.15) is 0 Å². The Kier molecular flexibility index (Phi) is 6.03. The van der Waals surface area contributed by atoms with Crippen LogP contribution in [-0.2, 0) is 19.5 Å². The molecule has 0 bridgehead atoms. The molecule has 0 amide bonds. The number of nitrogens with one attached hydrogen (secondary N) is 1. The van der Waals surface area contributed by atoms with Crippen LogP contribution in [0.3, 0.4) is 0 Å². The summed E-state index contributed by atoms with van der Waals surface area (Å²) in [7, 11) is 2.16. The lowest BCUT2D eigenvalue weighted by atomic mass is 10.2. The van der Waals surface area contributed by atoms with Crippen LogP contribution < -0.4 is 5.32 Å². The van der Waals surface area contributed by atoms with Crippen molar-refractivity contribution in [1.29, 1.82) is 0 Å². The highest BCUT2D eigenvalue weighted by atomic mass is 32.1. The molecule has 4 heteroatoms. The lowest BCUT2D eigenvalue weighted by Crippen LogP contribution is -2.30. The number of nitrogens with zero attached hydrogens (tertiary/aromatic N) is 1. The van der Waals surface area contributed by atoms with Crippen molar-refractivity contribution in [2.45, 2.75) is 52.4 Å². The summed E-state index contributed by atoms with van der Waals surface area (Å²) in [6.45, 7) is 8.30. The fraction of sp³-hybridized carbons (Fsp3) is 0.529. The normalized spacial score (nSPS) is 13.2. The molecule has 21 heavy (non-hydrogen) atoms. The second kappa shape index (κ2) is 7.78. The summed E-state index contributed by atoms with van der Waals surface area (Å²) >= 11 is 1.83. The zero-order valence-corrected chi connectivity index (χ0v) is 14.2. The molecule has 0 aliphatic rings. The predicted octanol–water partition coefficient (Wildman–Crippen LogP) is 3.90. The molecule has 0 saturated heterocycles. The molecule has 2 rings (SSSR count). The van der Waals surface area contributed by atoms with Crippen molar-refractivity contribution >= 4 is 11.3 Å². The second-order valence-electron chi connectivity index (χ2n) is 6.00. The van der Waals surface area contributed by atoms with Gasteiger partial charge in [0.05, 0.1) is 12.8 Å². The molecule has 1 N–H and O–H groups in total. The molecular formula is C17H26N2OS. The van der Waals surface area contributed by atoms with Crippen LogP contribution in [-0.4, -0.2) is 24.0 Å². The molecule has 2 aromatic heterocycles. The van der Waals surface area contributed by atoms with Gasteiger partial charge < -0.3 is 9.73 Å². The summed E-state index contributed by atoms with van der Waals surface area (Å²) < 4.78 is 5.67. The molecule has 0 fully saturated rings. The molecule has 3 nitrogen and oxygen atoms in total. The van der Waals surface area contributed by atoms with E-state index in [1.165, 1.54) is 10.4 Å². The molecule has 0 saturated carbocycles. The van der Waals surface area contributed by atoms with Crippen molar-refractivity contribution < 1.29 is 4.42 Å². The Hall–Kier alpha value is -1.10. The quantitative estimate of drug-likeness (QED) is 0.802. The first-order chi connectivity index (χ1) is 10.0. The minimum absolute atomic E-state index is 0.497. The van der Waals surface area contributed by atoms with Gasteiger partial charge in [0, 0.05) is 29.1 Å². The Bertz CT molecular complexity index is 519. The van der Waals surface area contributed by atoms with E-state index in [4.69, 9.17) is 4.42 Å². The average molecular weight is 306 g/mol. The number of rotatable bonds is 8. The Balaban J connectivity index is 1.83. The number of thiophene rings is 1. The number of hydrogen-bond acceptors (Lipinski definition) is 4. The maximum atomic E-state index is 5.67. The minimum Gasteiger partial charge on any atom is -0.468 e. The lowest BCUT2D eigenvalue weighted by Gasteiger charge is -2.23. The van der Waals surface area contributed by atoms with E-state index >= 15 is 0 Å². The van der Waals surface area contributed by atoms with Crippen LogP contribution in [0.1, 0.15) is 37.0 Å². The van der Waals surface area contributed by atoms with E-state index in [9.17, 15) is 0 Å². The summed E-state index contributed by atoms with van der Waals surface area (Å²) in [5, 5.41) is 5.55. The van der Waals surface area contributed by atoms with E-state index in [1.807, 2.05) is 17.6 Å². The van der Waals surface area contributed by atoms with Crippen molar-refractivity contribution in [3.8, 4) is 0 Å². The van der Waals surface area contributed by atoms with Crippen LogP contribution in [0.25, 0.3) is 0 Å². The second-order valence-corrected chi connectivity index (χ2v) is 7.04. The molecule has 0 aromatic carbocycles. The highest BCUT2D eigenvalue weighted by Gasteiger charge is 2.13. The van der Waals surface area contributed by atoms with Crippen LogP contribution in [0.5, 0.6) is 0 Å². The van der Waals surface area contributed by atoms with Gasteiger partial charge in [0.25, 0.3) is 0 Å². The van der Waals surface area contributed by atoms with Gasteiger partial charge in [-0.1, -0.05) is 19.9 Å². The van der Waals surface area contributed by atoms with Crippen LogP contribution in [0.15, 0.2) is 34.3 Å². The van der Waals surface area contributed by atoms with Crippen LogP contribution >= 0.6 is 11.3 Å². The average Bonchev–Trinajstić information content (AvgIpc) is 3.08. The molecule has 2 heterocycles.